The second-order valence-corrected chi connectivity index (χ2v) is 4.46. The molecule has 0 heterocycles. The van der Waals surface area contributed by atoms with Crippen LogP contribution in [0.1, 0.15) is 16.8 Å². The van der Waals surface area contributed by atoms with E-state index in [2.05, 4.69) is 10.6 Å². The monoisotopic (exact) mass is 292 g/mol. The molecule has 1 unspecified atom stereocenters. The van der Waals surface area contributed by atoms with Crippen LogP contribution in [0.3, 0.4) is 0 Å². The van der Waals surface area contributed by atoms with Gasteiger partial charge in [-0.1, -0.05) is 18.2 Å². The van der Waals surface area contributed by atoms with E-state index in [9.17, 15) is 9.59 Å². The van der Waals surface area contributed by atoms with Crippen LogP contribution in [0.25, 0.3) is 0 Å². The standard InChI is InChI=1S/C13H18N5O3/c14-9(7-17-13(15)16)6-10(12(20)21)18-11(19)8-4-2-1-3-5-8/h1-5,9-10,14H,6-7H2,(H,18,19)(H,20,21)(H4,15,16,17)/t9?,10-/m0/s1. The molecule has 8 heteroatoms. The molecule has 21 heavy (non-hydrogen) atoms. The van der Waals surface area contributed by atoms with Crippen LogP contribution in [-0.2, 0) is 4.79 Å². The highest BCUT2D eigenvalue weighted by Gasteiger charge is 2.23. The highest BCUT2D eigenvalue weighted by Crippen LogP contribution is 2.03. The van der Waals surface area contributed by atoms with Gasteiger partial charge in [0, 0.05) is 18.2 Å². The molecule has 1 radical (unpaired) electrons. The van der Waals surface area contributed by atoms with Crippen molar-refractivity contribution >= 4 is 17.8 Å². The van der Waals surface area contributed by atoms with Crippen molar-refractivity contribution in [3.63, 3.8) is 0 Å². The first kappa shape index (κ1) is 16.4. The van der Waals surface area contributed by atoms with Crippen molar-refractivity contribution in [3.05, 3.63) is 35.9 Å². The molecule has 1 aromatic carbocycles. The van der Waals surface area contributed by atoms with Crippen molar-refractivity contribution in [2.75, 3.05) is 6.54 Å². The zero-order valence-electron chi connectivity index (χ0n) is 11.3. The summed E-state index contributed by atoms with van der Waals surface area (Å²) in [5, 5.41) is 20.9. The van der Waals surface area contributed by atoms with Gasteiger partial charge in [0.2, 0.25) is 0 Å². The van der Waals surface area contributed by atoms with Crippen molar-refractivity contribution in [2.24, 2.45) is 5.73 Å². The van der Waals surface area contributed by atoms with E-state index in [1.807, 2.05) is 0 Å². The zero-order valence-corrected chi connectivity index (χ0v) is 11.3. The summed E-state index contributed by atoms with van der Waals surface area (Å²) in [6.45, 7) is 0.0420. The minimum absolute atomic E-state index is 0.0420. The average molecular weight is 292 g/mol. The van der Waals surface area contributed by atoms with Crippen LogP contribution >= 0.6 is 0 Å². The van der Waals surface area contributed by atoms with Gasteiger partial charge in [-0.3, -0.25) is 15.9 Å². The van der Waals surface area contributed by atoms with Crippen molar-refractivity contribution in [1.29, 1.82) is 5.41 Å². The van der Waals surface area contributed by atoms with E-state index in [0.29, 0.717) is 5.56 Å². The zero-order chi connectivity index (χ0) is 15.8. The van der Waals surface area contributed by atoms with Crippen LogP contribution in [0.4, 0.5) is 0 Å². The summed E-state index contributed by atoms with van der Waals surface area (Å²) in [6.07, 6.45) is -0.0891. The number of carbonyl (C=O) groups is 2. The highest BCUT2D eigenvalue weighted by atomic mass is 16.4. The van der Waals surface area contributed by atoms with E-state index in [-0.39, 0.29) is 18.9 Å². The van der Waals surface area contributed by atoms with Gasteiger partial charge in [0.15, 0.2) is 5.96 Å². The third kappa shape index (κ3) is 5.91. The summed E-state index contributed by atoms with van der Waals surface area (Å²) < 4.78 is 0. The topological polar surface area (TPSA) is 152 Å². The number of carboxylic acids is 1. The number of hydrogen-bond donors (Lipinski definition) is 5. The lowest BCUT2D eigenvalue weighted by atomic mass is 10.1. The fourth-order valence-corrected chi connectivity index (χ4v) is 1.65. The maximum Gasteiger partial charge on any atom is 0.326 e. The normalized spacial score (nSPS) is 13.0. The van der Waals surface area contributed by atoms with Crippen LogP contribution in [0, 0.1) is 5.41 Å². The van der Waals surface area contributed by atoms with E-state index in [1.54, 1.807) is 30.3 Å². The van der Waals surface area contributed by atoms with Crippen LogP contribution in [0.5, 0.6) is 0 Å². The number of benzene rings is 1. The Morgan fingerprint density at radius 3 is 2.43 bits per heavy atom. The van der Waals surface area contributed by atoms with Gasteiger partial charge in [-0.25, -0.2) is 4.79 Å². The summed E-state index contributed by atoms with van der Waals surface area (Å²) in [7, 11) is 0. The van der Waals surface area contributed by atoms with Crippen LogP contribution < -0.4 is 22.1 Å². The Kier molecular flexibility index (Phi) is 6.15. The lowest BCUT2D eigenvalue weighted by molar-refractivity contribution is -0.139. The third-order valence-corrected chi connectivity index (χ3v) is 2.70. The molecule has 113 valence electrons. The smallest absolute Gasteiger partial charge is 0.326 e. The number of nitrogens with one attached hydrogen (secondary N) is 4. The minimum Gasteiger partial charge on any atom is -0.480 e. The molecule has 1 aromatic rings. The van der Waals surface area contributed by atoms with Gasteiger partial charge in [0.25, 0.3) is 5.91 Å². The molecular formula is C13H18N5O3. The molecule has 0 bridgehead atoms. The predicted molar refractivity (Wildman–Crippen MR) is 76.8 cm³/mol. The molecule has 0 aliphatic heterocycles. The molecular weight excluding hydrogens is 274 g/mol. The lowest BCUT2D eigenvalue weighted by Gasteiger charge is -2.18. The van der Waals surface area contributed by atoms with Gasteiger partial charge >= 0.3 is 5.97 Å². The summed E-state index contributed by atoms with van der Waals surface area (Å²) in [5.41, 5.74) is 13.2. The van der Waals surface area contributed by atoms with Gasteiger partial charge in [0.05, 0.1) is 0 Å². The number of carboxylic acid groups (broad SMARTS) is 1. The van der Waals surface area contributed by atoms with Crippen molar-refractivity contribution in [2.45, 2.75) is 18.5 Å². The Balaban J connectivity index is 2.59. The Morgan fingerprint density at radius 1 is 1.29 bits per heavy atom. The molecule has 0 aromatic heterocycles. The predicted octanol–water partition coefficient (Wildman–Crippen LogP) is -0.606. The van der Waals surface area contributed by atoms with Crippen LogP contribution in [0.15, 0.2) is 30.3 Å². The minimum atomic E-state index is -1.21. The number of carbonyl (C=O) groups excluding carboxylic acids is 1. The van der Waals surface area contributed by atoms with Crippen LogP contribution in [0.2, 0.25) is 0 Å². The van der Waals surface area contributed by atoms with E-state index >= 15 is 0 Å². The maximum absolute atomic E-state index is 11.9. The second kappa shape index (κ2) is 7.85. The van der Waals surface area contributed by atoms with Gasteiger partial charge in [-0.15, -0.1) is 0 Å². The fraction of sp³-hybridized carbons (Fsp3) is 0.308. The first-order valence-electron chi connectivity index (χ1n) is 6.28. The number of rotatable bonds is 7. The molecule has 1 rings (SSSR count). The number of guanidine groups is 1. The Morgan fingerprint density at radius 2 is 1.90 bits per heavy atom. The molecule has 2 atom stereocenters. The molecule has 8 nitrogen and oxygen atoms in total. The molecule has 0 aliphatic carbocycles. The average Bonchev–Trinajstić information content (AvgIpc) is 2.45. The lowest BCUT2D eigenvalue weighted by Crippen LogP contribution is -2.46. The summed E-state index contributed by atoms with van der Waals surface area (Å²) in [4.78, 5) is 23.1. The number of aliphatic carboxylic acids is 1. The summed E-state index contributed by atoms with van der Waals surface area (Å²) in [6, 6.07) is 6.26. The highest BCUT2D eigenvalue weighted by molar-refractivity contribution is 5.96. The van der Waals surface area contributed by atoms with Gasteiger partial charge in [0.1, 0.15) is 6.04 Å². The maximum atomic E-state index is 11.9. The van der Waals surface area contributed by atoms with Crippen molar-refractivity contribution in [1.82, 2.24) is 16.4 Å². The second-order valence-electron chi connectivity index (χ2n) is 4.46. The Hall–Kier alpha value is -2.61. The van der Waals surface area contributed by atoms with E-state index in [1.165, 1.54) is 0 Å². The quantitative estimate of drug-likeness (QED) is 0.335. The molecule has 0 saturated heterocycles. The largest absolute Gasteiger partial charge is 0.480 e. The third-order valence-electron chi connectivity index (χ3n) is 2.70. The van der Waals surface area contributed by atoms with Gasteiger partial charge < -0.3 is 21.5 Å². The molecule has 0 aliphatic rings. The van der Waals surface area contributed by atoms with Gasteiger partial charge in [-0.05, 0) is 18.6 Å². The fourth-order valence-electron chi connectivity index (χ4n) is 1.65. The summed E-state index contributed by atoms with van der Waals surface area (Å²) >= 11 is 0. The SMILES string of the molecule is [NH]C(CNC(=N)N)C[C@H](NC(=O)c1ccccc1)C(=O)O. The van der Waals surface area contributed by atoms with Gasteiger partial charge in [-0.2, -0.15) is 0 Å². The first-order chi connectivity index (χ1) is 9.90. The van der Waals surface area contributed by atoms with Crippen LogP contribution in [-0.4, -0.2) is 41.6 Å². The number of amides is 1. The number of hydrogen-bond acceptors (Lipinski definition) is 3. The molecule has 0 fully saturated rings. The first-order valence-corrected chi connectivity index (χ1v) is 6.28. The van der Waals surface area contributed by atoms with E-state index < -0.39 is 24.0 Å². The molecule has 0 spiro atoms. The van der Waals surface area contributed by atoms with E-state index in [4.69, 9.17) is 22.0 Å². The Bertz CT molecular complexity index is 506. The van der Waals surface area contributed by atoms with Crippen molar-refractivity contribution < 1.29 is 14.7 Å². The number of nitrogens with two attached hydrogens (primary N) is 1. The molecule has 7 N–H and O–H groups in total. The summed E-state index contributed by atoms with van der Waals surface area (Å²) in [5.74, 6) is -2.00. The molecule has 0 saturated carbocycles. The molecule has 1 amide bonds. The van der Waals surface area contributed by atoms with Crippen molar-refractivity contribution in [3.8, 4) is 0 Å². The van der Waals surface area contributed by atoms with E-state index in [0.717, 1.165) is 0 Å². The Labute approximate surface area is 122 Å².